The maximum Gasteiger partial charge on any atom is 0.277 e. The minimum atomic E-state index is -0.367. The van der Waals surface area contributed by atoms with Crippen molar-refractivity contribution >= 4 is 23.4 Å². The lowest BCUT2D eigenvalue weighted by molar-refractivity contribution is -0.115. The third-order valence-corrected chi connectivity index (χ3v) is 5.67. The van der Waals surface area contributed by atoms with Crippen LogP contribution in [0.5, 0.6) is 0 Å². The molecular weight excluding hydrogens is 370 g/mol. The van der Waals surface area contributed by atoms with Crippen molar-refractivity contribution in [2.75, 3.05) is 5.32 Å². The second-order valence-electron chi connectivity index (χ2n) is 7.20. The molecule has 1 N–H and O–H groups in total. The number of carbonyl (C=O) groups is 1. The highest BCUT2D eigenvalue weighted by molar-refractivity contribution is 8.00. The molecule has 1 amide bonds. The fourth-order valence-corrected chi connectivity index (χ4v) is 3.74. The van der Waals surface area contributed by atoms with Crippen molar-refractivity contribution in [3.8, 4) is 11.5 Å². The van der Waals surface area contributed by atoms with Crippen molar-refractivity contribution in [3.05, 3.63) is 58.1 Å². The maximum atomic E-state index is 12.6. The summed E-state index contributed by atoms with van der Waals surface area (Å²) in [4.78, 5) is 12.6. The van der Waals surface area contributed by atoms with Crippen molar-refractivity contribution in [1.82, 2.24) is 10.2 Å². The van der Waals surface area contributed by atoms with Gasteiger partial charge in [-0.1, -0.05) is 35.5 Å². The highest BCUT2D eigenvalue weighted by Gasteiger charge is 2.20. The minimum absolute atomic E-state index is 0.0917. The van der Waals surface area contributed by atoms with E-state index in [4.69, 9.17) is 4.42 Å². The largest absolute Gasteiger partial charge is 0.411 e. The summed E-state index contributed by atoms with van der Waals surface area (Å²) >= 11 is 1.26. The molecule has 1 aromatic heterocycles. The zero-order valence-electron chi connectivity index (χ0n) is 17.1. The molecule has 0 saturated heterocycles. The topological polar surface area (TPSA) is 68.0 Å². The average Bonchev–Trinajstić information content (AvgIpc) is 3.08. The first-order valence-corrected chi connectivity index (χ1v) is 10.1. The predicted molar refractivity (Wildman–Crippen MR) is 114 cm³/mol. The predicted octanol–water partition coefficient (Wildman–Crippen LogP) is 5.40. The Labute approximate surface area is 170 Å². The molecule has 0 aliphatic rings. The average molecular weight is 396 g/mol. The summed E-state index contributed by atoms with van der Waals surface area (Å²) in [5, 5.41) is 11.3. The summed E-state index contributed by atoms with van der Waals surface area (Å²) in [5.74, 6) is 0.370. The molecule has 0 aliphatic carbocycles. The number of anilines is 1. The van der Waals surface area contributed by atoms with Gasteiger partial charge in [0.15, 0.2) is 0 Å². The lowest BCUT2D eigenvalue weighted by atomic mass is 10.1. The molecule has 0 unspecified atom stereocenters. The molecule has 0 bridgehead atoms. The van der Waals surface area contributed by atoms with Crippen LogP contribution in [0.1, 0.15) is 34.7 Å². The SMILES string of the molecule is Cc1cc(C)c(NC(=O)[C@H](C)Sc2nnc(-c3ccc(C)c(C)c3)o2)c(C)c1. The van der Waals surface area contributed by atoms with Crippen LogP contribution in [0.2, 0.25) is 0 Å². The van der Waals surface area contributed by atoms with Gasteiger partial charge in [0.05, 0.1) is 5.25 Å². The van der Waals surface area contributed by atoms with Crippen molar-refractivity contribution in [2.45, 2.75) is 52.0 Å². The lowest BCUT2D eigenvalue weighted by Gasteiger charge is -2.15. The minimum Gasteiger partial charge on any atom is -0.411 e. The first-order chi connectivity index (χ1) is 13.2. The van der Waals surface area contributed by atoms with Gasteiger partial charge in [-0.2, -0.15) is 0 Å². The van der Waals surface area contributed by atoms with Gasteiger partial charge in [-0.3, -0.25) is 4.79 Å². The molecule has 146 valence electrons. The van der Waals surface area contributed by atoms with Crippen LogP contribution < -0.4 is 5.32 Å². The van der Waals surface area contributed by atoms with Crippen LogP contribution in [-0.4, -0.2) is 21.4 Å². The van der Waals surface area contributed by atoms with Crippen LogP contribution in [0.15, 0.2) is 40.0 Å². The van der Waals surface area contributed by atoms with E-state index in [2.05, 4.69) is 34.6 Å². The molecule has 6 heteroatoms. The maximum absolute atomic E-state index is 12.6. The fraction of sp³-hybridized carbons (Fsp3) is 0.318. The molecule has 3 rings (SSSR count). The fourth-order valence-electron chi connectivity index (χ4n) is 3.06. The van der Waals surface area contributed by atoms with E-state index < -0.39 is 0 Å². The van der Waals surface area contributed by atoms with Crippen molar-refractivity contribution in [3.63, 3.8) is 0 Å². The molecule has 0 spiro atoms. The smallest absolute Gasteiger partial charge is 0.277 e. The second kappa shape index (κ2) is 8.19. The molecule has 28 heavy (non-hydrogen) atoms. The third kappa shape index (κ3) is 4.44. The number of hydrogen-bond donors (Lipinski definition) is 1. The Balaban J connectivity index is 1.69. The molecule has 3 aromatic rings. The van der Waals surface area contributed by atoms with E-state index >= 15 is 0 Å². The molecule has 1 atom stereocenters. The number of rotatable bonds is 5. The van der Waals surface area contributed by atoms with Crippen LogP contribution in [0.25, 0.3) is 11.5 Å². The highest BCUT2D eigenvalue weighted by atomic mass is 32.2. The molecule has 5 nitrogen and oxygen atoms in total. The first-order valence-electron chi connectivity index (χ1n) is 9.21. The highest BCUT2D eigenvalue weighted by Crippen LogP contribution is 2.29. The number of nitrogens with one attached hydrogen (secondary N) is 1. The molecule has 0 aliphatic heterocycles. The number of benzene rings is 2. The van der Waals surface area contributed by atoms with Crippen LogP contribution >= 0.6 is 11.8 Å². The van der Waals surface area contributed by atoms with E-state index in [9.17, 15) is 4.79 Å². The number of nitrogens with zero attached hydrogens (tertiary/aromatic N) is 2. The van der Waals surface area contributed by atoms with Gasteiger partial charge in [-0.15, -0.1) is 10.2 Å². The summed E-state index contributed by atoms with van der Waals surface area (Å²) in [6.45, 7) is 12.0. The number of thioether (sulfide) groups is 1. The summed E-state index contributed by atoms with van der Waals surface area (Å²) in [6, 6.07) is 10.1. The number of amides is 1. The quantitative estimate of drug-likeness (QED) is 0.586. The summed E-state index contributed by atoms with van der Waals surface area (Å²) in [7, 11) is 0. The number of hydrogen-bond acceptors (Lipinski definition) is 5. The van der Waals surface area contributed by atoms with Gasteiger partial charge < -0.3 is 9.73 Å². The van der Waals surface area contributed by atoms with Crippen molar-refractivity contribution < 1.29 is 9.21 Å². The van der Waals surface area contributed by atoms with Gasteiger partial charge in [-0.25, -0.2) is 0 Å². The zero-order chi connectivity index (χ0) is 20.4. The Morgan fingerprint density at radius 3 is 2.29 bits per heavy atom. The Hall–Kier alpha value is -2.60. The van der Waals surface area contributed by atoms with E-state index in [1.54, 1.807) is 0 Å². The molecule has 0 fully saturated rings. The van der Waals surface area contributed by atoms with Gasteiger partial charge in [0.2, 0.25) is 11.8 Å². The van der Waals surface area contributed by atoms with Crippen molar-refractivity contribution in [1.29, 1.82) is 0 Å². The summed E-state index contributed by atoms with van der Waals surface area (Å²) in [5.41, 5.74) is 7.41. The number of aryl methyl sites for hydroxylation is 5. The second-order valence-corrected chi connectivity index (χ2v) is 8.49. The van der Waals surface area contributed by atoms with E-state index in [0.717, 1.165) is 22.4 Å². The van der Waals surface area contributed by atoms with E-state index in [0.29, 0.717) is 11.1 Å². The Bertz CT molecular complexity index is 1000. The summed E-state index contributed by atoms with van der Waals surface area (Å²) < 4.78 is 5.76. The van der Waals surface area contributed by atoms with Crippen LogP contribution in [0, 0.1) is 34.6 Å². The van der Waals surface area contributed by atoms with Gasteiger partial charge in [0.25, 0.3) is 5.22 Å². The number of aromatic nitrogens is 2. The van der Waals surface area contributed by atoms with E-state index in [1.807, 2.05) is 52.8 Å². The van der Waals surface area contributed by atoms with E-state index in [-0.39, 0.29) is 11.2 Å². The van der Waals surface area contributed by atoms with Gasteiger partial charge in [0, 0.05) is 11.3 Å². The molecule has 0 radical (unpaired) electrons. The molecule has 0 saturated carbocycles. The standard InChI is InChI=1S/C22H25N3O2S/c1-12-9-15(4)19(16(5)10-12)23-20(26)17(6)28-22-25-24-21(27-22)18-8-7-13(2)14(3)11-18/h7-11,17H,1-6H3,(H,23,26)/t17-/m0/s1. The van der Waals surface area contributed by atoms with Gasteiger partial charge >= 0.3 is 0 Å². The van der Waals surface area contributed by atoms with E-state index in [1.165, 1.54) is 28.5 Å². The lowest BCUT2D eigenvalue weighted by Crippen LogP contribution is -2.23. The summed E-state index contributed by atoms with van der Waals surface area (Å²) in [6.07, 6.45) is 0. The normalized spacial score (nSPS) is 12.1. The van der Waals surface area contributed by atoms with Crippen LogP contribution in [-0.2, 0) is 4.79 Å². The van der Waals surface area contributed by atoms with Gasteiger partial charge in [0.1, 0.15) is 0 Å². The third-order valence-electron chi connectivity index (χ3n) is 4.73. The molecule has 1 heterocycles. The number of carbonyl (C=O) groups excluding carboxylic acids is 1. The Morgan fingerprint density at radius 2 is 1.64 bits per heavy atom. The van der Waals surface area contributed by atoms with Crippen LogP contribution in [0.4, 0.5) is 5.69 Å². The Kier molecular flexibility index (Phi) is 5.89. The zero-order valence-corrected chi connectivity index (χ0v) is 17.9. The molecular formula is C22H25N3O2S. The van der Waals surface area contributed by atoms with Gasteiger partial charge in [-0.05, 0) is 75.9 Å². The molecule has 2 aromatic carbocycles. The van der Waals surface area contributed by atoms with Crippen LogP contribution in [0.3, 0.4) is 0 Å². The first kappa shape index (κ1) is 20.1. The van der Waals surface area contributed by atoms with Crippen molar-refractivity contribution in [2.24, 2.45) is 0 Å². The Morgan fingerprint density at radius 1 is 0.964 bits per heavy atom. The monoisotopic (exact) mass is 395 g/mol.